The van der Waals surface area contributed by atoms with Gasteiger partial charge in [-0.05, 0) is 36.4 Å². The van der Waals surface area contributed by atoms with Crippen LogP contribution in [0, 0.1) is 0 Å². The van der Waals surface area contributed by atoms with Crippen molar-refractivity contribution >= 4 is 52.0 Å². The van der Waals surface area contributed by atoms with Crippen molar-refractivity contribution in [3.05, 3.63) is 65.0 Å². The molecule has 0 saturated carbocycles. The SMILES string of the molecule is COc1cc(OC)c(Cl)c(Nc2ncccc2-c2ncnc(Nc3ccc(N(C)C)cc3)n2)c1Cl. The minimum Gasteiger partial charge on any atom is -0.495 e. The fraction of sp³-hybridized carbons (Fsp3) is 0.167. The number of aromatic nitrogens is 4. The van der Waals surface area contributed by atoms with Crippen LogP contribution >= 0.6 is 23.2 Å². The average Bonchev–Trinajstić information content (AvgIpc) is 2.87. The fourth-order valence-corrected chi connectivity index (χ4v) is 3.85. The zero-order valence-electron chi connectivity index (χ0n) is 19.5. The summed E-state index contributed by atoms with van der Waals surface area (Å²) in [6.45, 7) is 0. The van der Waals surface area contributed by atoms with E-state index < -0.39 is 0 Å². The Morgan fingerprint density at radius 2 is 1.54 bits per heavy atom. The van der Waals surface area contributed by atoms with Gasteiger partial charge < -0.3 is 25.0 Å². The van der Waals surface area contributed by atoms with Gasteiger partial charge in [-0.3, -0.25) is 0 Å². The molecule has 0 fully saturated rings. The third kappa shape index (κ3) is 5.31. The number of benzene rings is 2. The molecule has 0 spiro atoms. The molecule has 11 heteroatoms. The largest absolute Gasteiger partial charge is 0.495 e. The number of pyridine rings is 1. The first-order valence-corrected chi connectivity index (χ1v) is 11.2. The van der Waals surface area contributed by atoms with E-state index in [0.717, 1.165) is 11.4 Å². The molecule has 35 heavy (non-hydrogen) atoms. The summed E-state index contributed by atoms with van der Waals surface area (Å²) in [5.41, 5.74) is 2.94. The Morgan fingerprint density at radius 1 is 0.857 bits per heavy atom. The highest BCUT2D eigenvalue weighted by Gasteiger charge is 2.20. The predicted octanol–water partition coefficient (Wildman–Crippen LogP) is 5.81. The molecule has 0 aliphatic heterocycles. The Bertz CT molecular complexity index is 1310. The van der Waals surface area contributed by atoms with Gasteiger partial charge in [-0.2, -0.15) is 4.98 Å². The Balaban J connectivity index is 1.67. The quantitative estimate of drug-likeness (QED) is 0.303. The first-order chi connectivity index (χ1) is 16.9. The molecule has 0 aliphatic carbocycles. The van der Waals surface area contributed by atoms with E-state index in [1.807, 2.05) is 49.3 Å². The lowest BCUT2D eigenvalue weighted by Gasteiger charge is -2.17. The van der Waals surface area contributed by atoms with Gasteiger partial charge in [-0.1, -0.05) is 23.2 Å². The monoisotopic (exact) mass is 511 g/mol. The number of rotatable bonds is 8. The van der Waals surface area contributed by atoms with Crippen LogP contribution in [0.5, 0.6) is 11.5 Å². The minimum absolute atomic E-state index is 0.286. The Kier molecular flexibility index (Phi) is 7.38. The molecule has 0 atom stereocenters. The van der Waals surface area contributed by atoms with E-state index in [1.165, 1.54) is 20.5 Å². The molecule has 9 nitrogen and oxygen atoms in total. The highest BCUT2D eigenvalue weighted by Crippen LogP contribution is 2.45. The number of hydrogen-bond acceptors (Lipinski definition) is 9. The molecular formula is C24H23Cl2N7O2. The van der Waals surface area contributed by atoms with Crippen LogP contribution in [-0.2, 0) is 0 Å². The predicted molar refractivity (Wildman–Crippen MR) is 140 cm³/mol. The van der Waals surface area contributed by atoms with Crippen molar-refractivity contribution in [2.24, 2.45) is 0 Å². The maximum absolute atomic E-state index is 6.53. The van der Waals surface area contributed by atoms with Gasteiger partial charge in [-0.25, -0.2) is 15.0 Å². The molecule has 0 unspecified atom stereocenters. The molecule has 4 rings (SSSR count). The van der Waals surface area contributed by atoms with Crippen LogP contribution in [0.15, 0.2) is 55.0 Å². The molecule has 0 radical (unpaired) electrons. The van der Waals surface area contributed by atoms with Crippen LogP contribution in [0.3, 0.4) is 0 Å². The average molecular weight is 512 g/mol. The third-order valence-electron chi connectivity index (χ3n) is 5.08. The van der Waals surface area contributed by atoms with Gasteiger partial charge in [-0.15, -0.1) is 0 Å². The summed E-state index contributed by atoms with van der Waals surface area (Å²) in [5.74, 6) is 2.05. The molecule has 0 saturated heterocycles. The van der Waals surface area contributed by atoms with Crippen LogP contribution in [0.4, 0.5) is 28.8 Å². The molecule has 180 valence electrons. The normalized spacial score (nSPS) is 10.6. The number of nitrogens with zero attached hydrogens (tertiary/aromatic N) is 5. The number of ether oxygens (including phenoxy) is 2. The summed E-state index contributed by atoms with van der Waals surface area (Å²) in [7, 11) is 7.00. The minimum atomic E-state index is 0.286. The van der Waals surface area contributed by atoms with Crippen molar-refractivity contribution in [2.45, 2.75) is 0 Å². The number of nitrogens with one attached hydrogen (secondary N) is 2. The topological polar surface area (TPSA) is 97.3 Å². The molecule has 0 amide bonds. The smallest absolute Gasteiger partial charge is 0.230 e. The van der Waals surface area contributed by atoms with Gasteiger partial charge in [0.2, 0.25) is 5.95 Å². The second-order valence-electron chi connectivity index (χ2n) is 7.51. The van der Waals surface area contributed by atoms with Gasteiger partial charge in [0.1, 0.15) is 33.7 Å². The van der Waals surface area contributed by atoms with Gasteiger partial charge in [0.05, 0.1) is 25.5 Å². The highest BCUT2D eigenvalue weighted by molar-refractivity contribution is 6.41. The van der Waals surface area contributed by atoms with E-state index in [4.69, 9.17) is 32.7 Å². The molecule has 2 N–H and O–H groups in total. The lowest BCUT2D eigenvalue weighted by Crippen LogP contribution is -2.08. The zero-order chi connectivity index (χ0) is 24.9. The van der Waals surface area contributed by atoms with Gasteiger partial charge in [0.25, 0.3) is 0 Å². The third-order valence-corrected chi connectivity index (χ3v) is 5.83. The Morgan fingerprint density at radius 3 is 2.17 bits per heavy atom. The van der Waals surface area contributed by atoms with E-state index in [2.05, 4.69) is 30.6 Å². The van der Waals surface area contributed by atoms with Crippen molar-refractivity contribution in [1.82, 2.24) is 19.9 Å². The number of halogens is 2. The van der Waals surface area contributed by atoms with Crippen LogP contribution < -0.4 is 25.0 Å². The Hall–Kier alpha value is -3.82. The molecule has 0 aliphatic rings. The van der Waals surface area contributed by atoms with E-state index in [9.17, 15) is 0 Å². The maximum Gasteiger partial charge on any atom is 0.230 e. The molecule has 0 bridgehead atoms. The van der Waals surface area contributed by atoms with Crippen molar-refractivity contribution in [3.63, 3.8) is 0 Å². The summed E-state index contributed by atoms with van der Waals surface area (Å²) < 4.78 is 10.7. The summed E-state index contributed by atoms with van der Waals surface area (Å²) in [5, 5.41) is 6.96. The fourth-order valence-electron chi connectivity index (χ4n) is 3.26. The second-order valence-corrected chi connectivity index (χ2v) is 8.26. The van der Waals surface area contributed by atoms with Gasteiger partial charge >= 0.3 is 0 Å². The lowest BCUT2D eigenvalue weighted by atomic mass is 10.2. The number of hydrogen-bond donors (Lipinski definition) is 2. The van der Waals surface area contributed by atoms with Crippen LogP contribution in [-0.4, -0.2) is 48.3 Å². The van der Waals surface area contributed by atoms with Crippen LogP contribution in [0.1, 0.15) is 0 Å². The van der Waals surface area contributed by atoms with Gasteiger partial charge in [0.15, 0.2) is 5.82 Å². The molecule has 2 heterocycles. The first-order valence-electron chi connectivity index (χ1n) is 10.5. The van der Waals surface area contributed by atoms with Crippen molar-refractivity contribution in [3.8, 4) is 22.9 Å². The highest BCUT2D eigenvalue weighted by atomic mass is 35.5. The maximum atomic E-state index is 6.53. The molecule has 2 aromatic carbocycles. The van der Waals surface area contributed by atoms with E-state index >= 15 is 0 Å². The summed E-state index contributed by atoms with van der Waals surface area (Å²) in [6, 6.07) is 13.1. The van der Waals surface area contributed by atoms with Crippen molar-refractivity contribution in [2.75, 3.05) is 43.8 Å². The summed E-state index contributed by atoms with van der Waals surface area (Å²) >= 11 is 13.1. The molecule has 4 aromatic rings. The van der Waals surface area contributed by atoms with Gasteiger partial charge in [0, 0.05) is 37.7 Å². The Labute approximate surface area is 213 Å². The summed E-state index contributed by atoms with van der Waals surface area (Å²) in [6.07, 6.45) is 3.07. The molecule has 2 aromatic heterocycles. The van der Waals surface area contributed by atoms with E-state index in [0.29, 0.717) is 40.3 Å². The summed E-state index contributed by atoms with van der Waals surface area (Å²) in [4.78, 5) is 19.6. The lowest BCUT2D eigenvalue weighted by molar-refractivity contribution is 0.395. The van der Waals surface area contributed by atoms with E-state index in [-0.39, 0.29) is 10.0 Å². The van der Waals surface area contributed by atoms with Crippen molar-refractivity contribution < 1.29 is 9.47 Å². The van der Waals surface area contributed by atoms with Crippen LogP contribution in [0.25, 0.3) is 11.4 Å². The van der Waals surface area contributed by atoms with E-state index in [1.54, 1.807) is 18.3 Å². The standard InChI is InChI=1S/C24H23Cl2N7O2/c1-33(2)15-9-7-14(8-10-15)30-24-29-13-28-23(32-24)16-6-5-11-27-22(16)31-21-19(25)17(34-3)12-18(35-4)20(21)26/h5-13H,1-4H3,(H,27,31)(H,28,29,30,32). The molecular weight excluding hydrogens is 489 g/mol. The van der Waals surface area contributed by atoms with Crippen LogP contribution in [0.2, 0.25) is 10.0 Å². The number of anilines is 5. The first kappa shape index (κ1) is 24.3. The zero-order valence-corrected chi connectivity index (χ0v) is 21.0. The van der Waals surface area contributed by atoms with Crippen molar-refractivity contribution in [1.29, 1.82) is 0 Å². The number of methoxy groups -OCH3 is 2. The second kappa shape index (κ2) is 10.6.